The van der Waals surface area contributed by atoms with Gasteiger partial charge in [0.1, 0.15) is 5.75 Å². The van der Waals surface area contributed by atoms with Gasteiger partial charge in [-0.3, -0.25) is 5.41 Å². The minimum Gasteiger partial charge on any atom is -0.463 e. The Balaban J connectivity index is 1.72. The second-order valence-electron chi connectivity index (χ2n) is 6.50. The fraction of sp³-hybridized carbons (Fsp3) is 0.167. The molecule has 3 aromatic carbocycles. The molecule has 0 aliphatic heterocycles. The van der Waals surface area contributed by atoms with Gasteiger partial charge in [0, 0.05) is 6.08 Å². The van der Waals surface area contributed by atoms with E-state index in [4.69, 9.17) is 14.9 Å². The van der Waals surface area contributed by atoms with Gasteiger partial charge in [-0.1, -0.05) is 49.6 Å². The van der Waals surface area contributed by atoms with Crippen molar-refractivity contribution in [2.45, 2.75) is 19.3 Å². The van der Waals surface area contributed by atoms with E-state index < -0.39 is 0 Å². The molecule has 0 fully saturated rings. The maximum atomic E-state index is 11.0. The van der Waals surface area contributed by atoms with Crippen LogP contribution in [0, 0.1) is 5.41 Å². The summed E-state index contributed by atoms with van der Waals surface area (Å²) in [5.74, 6) is 0.294. The summed E-state index contributed by atoms with van der Waals surface area (Å²) >= 11 is 0. The van der Waals surface area contributed by atoms with Crippen LogP contribution in [0.1, 0.15) is 18.4 Å². The Morgan fingerprint density at radius 3 is 2.36 bits per heavy atom. The second kappa shape index (κ2) is 9.00. The van der Waals surface area contributed by atoms with Crippen molar-refractivity contribution < 1.29 is 14.3 Å². The van der Waals surface area contributed by atoms with Crippen molar-refractivity contribution in [3.05, 3.63) is 79.4 Å². The quantitative estimate of drug-likeness (QED) is 0.140. The number of esters is 1. The highest BCUT2D eigenvalue weighted by molar-refractivity contribution is 6.08. The molecule has 3 rings (SSSR count). The fourth-order valence-corrected chi connectivity index (χ4v) is 3.15. The lowest BCUT2D eigenvalue weighted by atomic mass is 9.98. The Bertz CT molecular complexity index is 1050. The molecule has 0 radical (unpaired) electrons. The van der Waals surface area contributed by atoms with Crippen LogP contribution in [0.4, 0.5) is 0 Å². The monoisotopic (exact) mass is 373 g/mol. The van der Waals surface area contributed by atoms with Gasteiger partial charge in [-0.05, 0) is 64.6 Å². The molecule has 142 valence electrons. The summed E-state index contributed by atoms with van der Waals surface area (Å²) < 4.78 is 10.4. The average Bonchev–Trinajstić information content (AvgIpc) is 2.72. The average molecular weight is 373 g/mol. The van der Waals surface area contributed by atoms with E-state index in [9.17, 15) is 4.79 Å². The molecule has 28 heavy (non-hydrogen) atoms. The van der Waals surface area contributed by atoms with Gasteiger partial charge < -0.3 is 9.47 Å². The van der Waals surface area contributed by atoms with Crippen molar-refractivity contribution in [2.75, 3.05) is 6.61 Å². The zero-order valence-electron chi connectivity index (χ0n) is 15.7. The van der Waals surface area contributed by atoms with E-state index in [0.29, 0.717) is 12.4 Å². The molecule has 4 heteroatoms. The van der Waals surface area contributed by atoms with Crippen LogP contribution in [0.3, 0.4) is 0 Å². The van der Waals surface area contributed by atoms with Crippen LogP contribution in [0.5, 0.6) is 5.75 Å². The van der Waals surface area contributed by atoms with Crippen molar-refractivity contribution in [1.29, 1.82) is 5.41 Å². The first-order valence-electron chi connectivity index (χ1n) is 9.24. The summed E-state index contributed by atoms with van der Waals surface area (Å²) in [6.07, 6.45) is 5.29. The van der Waals surface area contributed by atoms with E-state index in [1.54, 1.807) is 0 Å². The van der Waals surface area contributed by atoms with Crippen LogP contribution in [-0.4, -0.2) is 18.5 Å². The van der Waals surface area contributed by atoms with E-state index in [0.717, 1.165) is 30.0 Å². The van der Waals surface area contributed by atoms with Crippen molar-refractivity contribution in [1.82, 2.24) is 0 Å². The Kier molecular flexibility index (Phi) is 6.22. The number of ether oxygens (including phenoxy) is 2. The third kappa shape index (κ3) is 4.65. The number of aryl methyl sites for hydroxylation is 1. The number of hydrogen-bond donors (Lipinski definition) is 1. The number of carbonyl (C=O) groups is 1. The Hall–Kier alpha value is -3.40. The molecule has 0 atom stereocenters. The Morgan fingerprint density at radius 2 is 1.64 bits per heavy atom. The maximum absolute atomic E-state index is 11.0. The van der Waals surface area contributed by atoms with Gasteiger partial charge in [0.2, 0.25) is 5.90 Å². The lowest BCUT2D eigenvalue weighted by molar-refractivity contribution is -0.137. The van der Waals surface area contributed by atoms with Crippen LogP contribution in [0.25, 0.3) is 21.5 Å². The van der Waals surface area contributed by atoms with Gasteiger partial charge in [0.15, 0.2) is 0 Å². The molecule has 0 saturated heterocycles. The Morgan fingerprint density at radius 1 is 0.929 bits per heavy atom. The second-order valence-corrected chi connectivity index (χ2v) is 6.50. The van der Waals surface area contributed by atoms with Crippen LogP contribution in [-0.2, 0) is 16.0 Å². The smallest absolute Gasteiger partial charge is 0.330 e. The lowest BCUT2D eigenvalue weighted by Gasteiger charge is -2.09. The molecular weight excluding hydrogens is 350 g/mol. The first-order valence-corrected chi connectivity index (χ1v) is 9.24. The van der Waals surface area contributed by atoms with Gasteiger partial charge in [-0.25, -0.2) is 4.79 Å². The lowest BCUT2D eigenvalue weighted by Crippen LogP contribution is -2.02. The number of carbonyl (C=O) groups excluding carboxylic acids is 1. The topological polar surface area (TPSA) is 59.4 Å². The van der Waals surface area contributed by atoms with Crippen molar-refractivity contribution >= 4 is 33.4 Å². The SMILES string of the molecule is C=CC(=N)Oc1ccc2c(ccc3cc(CCCCOC(=O)C=C)ccc32)c1. The van der Waals surface area contributed by atoms with E-state index in [-0.39, 0.29) is 11.9 Å². The van der Waals surface area contributed by atoms with E-state index in [1.165, 1.54) is 28.5 Å². The molecule has 0 aromatic heterocycles. The van der Waals surface area contributed by atoms with Gasteiger partial charge in [0.05, 0.1) is 6.61 Å². The molecule has 0 spiro atoms. The summed E-state index contributed by atoms with van der Waals surface area (Å²) in [7, 11) is 0. The predicted octanol–water partition coefficient (Wildman–Crippen LogP) is 5.59. The minimum absolute atomic E-state index is 0.0315. The summed E-state index contributed by atoms with van der Waals surface area (Å²) in [6, 6.07) is 16.5. The highest BCUT2D eigenvalue weighted by Crippen LogP contribution is 2.29. The van der Waals surface area contributed by atoms with Crippen molar-refractivity contribution in [3.63, 3.8) is 0 Å². The van der Waals surface area contributed by atoms with E-state index in [1.807, 2.05) is 18.2 Å². The van der Waals surface area contributed by atoms with E-state index in [2.05, 4.69) is 43.5 Å². The highest BCUT2D eigenvalue weighted by atomic mass is 16.5. The van der Waals surface area contributed by atoms with Crippen LogP contribution < -0.4 is 4.74 Å². The molecular formula is C24H23NO3. The van der Waals surface area contributed by atoms with Crippen molar-refractivity contribution in [2.24, 2.45) is 0 Å². The number of nitrogens with one attached hydrogen (secondary N) is 1. The number of hydrogen-bond acceptors (Lipinski definition) is 4. The third-order valence-electron chi connectivity index (χ3n) is 4.56. The third-order valence-corrected chi connectivity index (χ3v) is 4.56. The van der Waals surface area contributed by atoms with Crippen LogP contribution in [0.2, 0.25) is 0 Å². The van der Waals surface area contributed by atoms with Crippen molar-refractivity contribution in [3.8, 4) is 5.75 Å². The van der Waals surface area contributed by atoms with Crippen LogP contribution in [0.15, 0.2) is 73.8 Å². The molecule has 0 unspecified atom stereocenters. The highest BCUT2D eigenvalue weighted by Gasteiger charge is 2.05. The van der Waals surface area contributed by atoms with Gasteiger partial charge in [0.25, 0.3) is 0 Å². The van der Waals surface area contributed by atoms with Crippen LogP contribution >= 0.6 is 0 Å². The first-order chi connectivity index (χ1) is 13.6. The largest absolute Gasteiger partial charge is 0.463 e. The fourth-order valence-electron chi connectivity index (χ4n) is 3.15. The summed E-state index contributed by atoms with van der Waals surface area (Å²) in [5, 5.41) is 12.2. The van der Waals surface area contributed by atoms with Gasteiger partial charge in [-0.15, -0.1) is 0 Å². The molecule has 0 heterocycles. The van der Waals surface area contributed by atoms with Gasteiger partial charge in [-0.2, -0.15) is 0 Å². The Labute approximate surface area is 164 Å². The summed E-state index contributed by atoms with van der Waals surface area (Å²) in [4.78, 5) is 11.0. The zero-order chi connectivity index (χ0) is 19.9. The number of rotatable bonds is 8. The molecule has 1 N–H and O–H groups in total. The van der Waals surface area contributed by atoms with E-state index >= 15 is 0 Å². The normalized spacial score (nSPS) is 10.6. The number of benzene rings is 3. The standard InChI is InChI=1S/C24H23NO3/c1-3-23(25)28-20-11-13-22-19(16-20)10-9-18-15-17(8-12-21(18)22)7-5-6-14-27-24(26)4-2/h3-4,8-13,15-16,25H,1-2,5-7,14H2. The maximum Gasteiger partial charge on any atom is 0.330 e. The summed E-state index contributed by atoms with van der Waals surface area (Å²) in [5.41, 5.74) is 1.27. The number of fused-ring (bicyclic) bond motifs is 3. The molecule has 0 bridgehead atoms. The zero-order valence-corrected chi connectivity index (χ0v) is 15.7. The number of unbranched alkanes of at least 4 members (excludes halogenated alkanes) is 1. The van der Waals surface area contributed by atoms with Gasteiger partial charge >= 0.3 is 5.97 Å². The summed E-state index contributed by atoms with van der Waals surface area (Å²) in [6.45, 7) is 7.35. The molecule has 3 aromatic rings. The molecule has 0 aliphatic rings. The molecule has 0 aliphatic carbocycles. The molecule has 4 nitrogen and oxygen atoms in total. The predicted molar refractivity (Wildman–Crippen MR) is 114 cm³/mol. The molecule has 0 amide bonds. The molecule has 0 saturated carbocycles. The minimum atomic E-state index is -0.368. The first kappa shape index (κ1) is 19.4.